The van der Waals surface area contributed by atoms with Gasteiger partial charge in [0.2, 0.25) is 11.6 Å². The Kier molecular flexibility index (Phi) is 2.85. The van der Waals surface area contributed by atoms with Crippen molar-refractivity contribution in [3.05, 3.63) is 22.6 Å². The van der Waals surface area contributed by atoms with Crippen LogP contribution in [0, 0.1) is 5.41 Å². The molecule has 0 N–H and O–H groups in total. The minimum Gasteiger partial charge on any atom is -0.481 e. The molecule has 0 atom stereocenters. The Labute approximate surface area is 132 Å². The van der Waals surface area contributed by atoms with Crippen molar-refractivity contribution in [2.45, 2.75) is 33.1 Å². The number of fused-ring (bicyclic) bond motifs is 5. The first-order valence-corrected chi connectivity index (χ1v) is 7.66. The second kappa shape index (κ2) is 4.56. The van der Waals surface area contributed by atoms with E-state index in [4.69, 9.17) is 20.8 Å². The molecular weight excluding hydrogens is 302 g/mol. The normalized spacial score (nSPS) is 16.9. The van der Waals surface area contributed by atoms with Gasteiger partial charge in [-0.3, -0.25) is 0 Å². The van der Waals surface area contributed by atoms with Crippen molar-refractivity contribution in [3.63, 3.8) is 0 Å². The number of pyridine rings is 1. The number of methoxy groups -OCH3 is 1. The summed E-state index contributed by atoms with van der Waals surface area (Å²) < 4.78 is 11.3. The van der Waals surface area contributed by atoms with Crippen molar-refractivity contribution in [1.29, 1.82) is 0 Å². The van der Waals surface area contributed by atoms with Crippen LogP contribution in [-0.4, -0.2) is 22.1 Å². The van der Waals surface area contributed by atoms with E-state index in [1.54, 1.807) is 7.11 Å². The lowest BCUT2D eigenvalue weighted by Gasteiger charge is -2.31. The summed E-state index contributed by atoms with van der Waals surface area (Å²) in [5.74, 6) is 0.640. The molecule has 5 nitrogen and oxygen atoms in total. The fourth-order valence-electron chi connectivity index (χ4n) is 3.31. The number of hydrogen-bond acceptors (Lipinski definition) is 5. The summed E-state index contributed by atoms with van der Waals surface area (Å²) in [5, 5.41) is 1.26. The average Bonchev–Trinajstić information content (AvgIpc) is 2.85. The number of nitrogens with zero attached hydrogens (tertiary/aromatic N) is 3. The second-order valence-corrected chi connectivity index (χ2v) is 6.90. The minimum atomic E-state index is 0.229. The Bertz CT molecular complexity index is 901. The molecule has 0 aliphatic heterocycles. The Morgan fingerprint density at radius 2 is 2.09 bits per heavy atom. The summed E-state index contributed by atoms with van der Waals surface area (Å²) in [7, 11) is 1.64. The molecule has 0 radical (unpaired) electrons. The van der Waals surface area contributed by atoms with Gasteiger partial charge in [-0.15, -0.1) is 0 Å². The topological polar surface area (TPSA) is 61.0 Å². The minimum absolute atomic E-state index is 0.229. The van der Waals surface area contributed by atoms with Crippen molar-refractivity contribution in [2.75, 3.05) is 7.11 Å². The van der Waals surface area contributed by atoms with Crippen molar-refractivity contribution in [1.82, 2.24) is 15.0 Å². The van der Waals surface area contributed by atoms with Gasteiger partial charge in [0.1, 0.15) is 11.8 Å². The number of furan rings is 1. The van der Waals surface area contributed by atoms with Crippen LogP contribution in [0.3, 0.4) is 0 Å². The van der Waals surface area contributed by atoms with Crippen LogP contribution in [0.15, 0.2) is 10.7 Å². The van der Waals surface area contributed by atoms with Crippen LogP contribution in [0.5, 0.6) is 5.88 Å². The molecule has 3 heterocycles. The first-order chi connectivity index (χ1) is 10.5. The average molecular weight is 318 g/mol. The van der Waals surface area contributed by atoms with Crippen LogP contribution >= 0.6 is 11.6 Å². The van der Waals surface area contributed by atoms with E-state index in [0.717, 1.165) is 35.7 Å². The van der Waals surface area contributed by atoms with Gasteiger partial charge >= 0.3 is 0 Å². The molecule has 0 unspecified atom stereocenters. The molecule has 0 saturated carbocycles. The van der Waals surface area contributed by atoms with Crippen LogP contribution in [0.4, 0.5) is 0 Å². The van der Waals surface area contributed by atoms with E-state index in [1.807, 2.05) is 0 Å². The quantitative estimate of drug-likeness (QED) is 0.636. The highest BCUT2D eigenvalue weighted by molar-refractivity contribution is 6.34. The molecule has 0 fully saturated rings. The molecule has 1 aliphatic carbocycles. The van der Waals surface area contributed by atoms with E-state index in [0.29, 0.717) is 22.3 Å². The van der Waals surface area contributed by atoms with E-state index in [1.165, 1.54) is 11.9 Å². The molecule has 114 valence electrons. The zero-order valence-electron chi connectivity index (χ0n) is 12.7. The highest BCUT2D eigenvalue weighted by Crippen LogP contribution is 2.43. The van der Waals surface area contributed by atoms with Crippen molar-refractivity contribution in [2.24, 2.45) is 5.41 Å². The second-order valence-electron chi connectivity index (χ2n) is 6.54. The van der Waals surface area contributed by atoms with Crippen molar-refractivity contribution >= 4 is 33.8 Å². The molecule has 22 heavy (non-hydrogen) atoms. The van der Waals surface area contributed by atoms with Gasteiger partial charge in [-0.1, -0.05) is 25.4 Å². The third kappa shape index (κ3) is 1.88. The predicted octanol–water partition coefficient (Wildman–Crippen LogP) is 3.95. The molecule has 4 rings (SSSR count). The summed E-state index contributed by atoms with van der Waals surface area (Å²) >= 11 is 6.14. The van der Waals surface area contributed by atoms with Crippen LogP contribution in [0.1, 0.15) is 31.4 Å². The predicted molar refractivity (Wildman–Crippen MR) is 84.5 cm³/mol. The van der Waals surface area contributed by atoms with Crippen LogP contribution in [0.25, 0.3) is 22.2 Å². The van der Waals surface area contributed by atoms with Crippen molar-refractivity contribution < 1.29 is 9.15 Å². The van der Waals surface area contributed by atoms with Gasteiger partial charge < -0.3 is 9.15 Å². The maximum Gasteiger partial charge on any atom is 0.232 e. The highest BCUT2D eigenvalue weighted by Gasteiger charge is 2.32. The molecule has 0 saturated heterocycles. The lowest BCUT2D eigenvalue weighted by Crippen LogP contribution is -2.23. The smallest absolute Gasteiger partial charge is 0.232 e. The van der Waals surface area contributed by atoms with Crippen molar-refractivity contribution in [3.8, 4) is 5.88 Å². The van der Waals surface area contributed by atoms with Gasteiger partial charge in [0.05, 0.1) is 12.5 Å². The Balaban J connectivity index is 2.15. The van der Waals surface area contributed by atoms with Gasteiger partial charge in [0, 0.05) is 5.56 Å². The first-order valence-electron chi connectivity index (χ1n) is 7.28. The van der Waals surface area contributed by atoms with E-state index >= 15 is 0 Å². The van der Waals surface area contributed by atoms with E-state index in [2.05, 4.69) is 28.8 Å². The molecule has 0 amide bonds. The molecule has 0 spiro atoms. The molecule has 0 bridgehead atoms. The van der Waals surface area contributed by atoms with E-state index in [-0.39, 0.29) is 5.41 Å². The SMILES string of the molecule is COc1nc2oc3c(Cl)ncnc3c2c2c1CCC(C)(C)C2. The van der Waals surface area contributed by atoms with Crippen LogP contribution < -0.4 is 4.74 Å². The first kappa shape index (κ1) is 13.8. The van der Waals surface area contributed by atoms with Gasteiger partial charge in [-0.05, 0) is 30.2 Å². The largest absolute Gasteiger partial charge is 0.481 e. The monoisotopic (exact) mass is 317 g/mol. The summed E-state index contributed by atoms with van der Waals surface area (Å²) in [6, 6.07) is 0. The zero-order valence-corrected chi connectivity index (χ0v) is 13.5. The maximum atomic E-state index is 6.14. The van der Waals surface area contributed by atoms with E-state index in [9.17, 15) is 0 Å². The number of halogens is 1. The van der Waals surface area contributed by atoms with Gasteiger partial charge in [0.25, 0.3) is 0 Å². The fraction of sp³-hybridized carbons (Fsp3) is 0.438. The number of rotatable bonds is 1. The molecule has 3 aromatic heterocycles. The third-order valence-corrected chi connectivity index (χ3v) is 4.71. The number of ether oxygens (including phenoxy) is 1. The summed E-state index contributed by atoms with van der Waals surface area (Å²) in [4.78, 5) is 12.9. The maximum absolute atomic E-state index is 6.14. The van der Waals surface area contributed by atoms with E-state index < -0.39 is 0 Å². The summed E-state index contributed by atoms with van der Waals surface area (Å²) in [5.41, 5.74) is 4.35. The van der Waals surface area contributed by atoms with Crippen LogP contribution in [0.2, 0.25) is 5.15 Å². The molecule has 6 heteroatoms. The fourth-order valence-corrected chi connectivity index (χ4v) is 3.48. The lowest BCUT2D eigenvalue weighted by atomic mass is 9.74. The zero-order chi connectivity index (χ0) is 15.5. The third-order valence-electron chi connectivity index (χ3n) is 4.44. The highest BCUT2D eigenvalue weighted by atomic mass is 35.5. The Hall–Kier alpha value is -1.88. The Morgan fingerprint density at radius 3 is 2.86 bits per heavy atom. The van der Waals surface area contributed by atoms with Crippen LogP contribution in [-0.2, 0) is 12.8 Å². The standard InChI is InChI=1S/C16H16ClN3O2/c1-16(2)5-4-8-9(6-16)10-11-12(13(17)19-7-18-11)22-15(10)20-14(8)21-3/h7H,4-6H2,1-3H3. The van der Waals surface area contributed by atoms with Gasteiger partial charge in [-0.2, -0.15) is 4.98 Å². The summed E-state index contributed by atoms with van der Waals surface area (Å²) in [6.45, 7) is 4.55. The lowest BCUT2D eigenvalue weighted by molar-refractivity contribution is 0.307. The molecule has 1 aliphatic rings. The Morgan fingerprint density at radius 1 is 1.27 bits per heavy atom. The van der Waals surface area contributed by atoms with Gasteiger partial charge in [-0.25, -0.2) is 9.97 Å². The number of hydrogen-bond donors (Lipinski definition) is 0. The molecular formula is C16H16ClN3O2. The van der Waals surface area contributed by atoms with Gasteiger partial charge in [0.15, 0.2) is 10.7 Å². The summed E-state index contributed by atoms with van der Waals surface area (Å²) in [6.07, 6.45) is 4.45. The number of aromatic nitrogens is 3. The molecule has 3 aromatic rings. The molecule has 0 aromatic carbocycles.